The van der Waals surface area contributed by atoms with Gasteiger partial charge in [-0.2, -0.15) is 0 Å². The van der Waals surface area contributed by atoms with Crippen LogP contribution in [0.15, 0.2) is 0 Å². The molecule has 20 heavy (non-hydrogen) atoms. The predicted octanol–water partition coefficient (Wildman–Crippen LogP) is 3.06. The third kappa shape index (κ3) is 3.74. The van der Waals surface area contributed by atoms with Gasteiger partial charge >= 0.3 is 5.97 Å². The van der Waals surface area contributed by atoms with E-state index in [2.05, 4.69) is 0 Å². The maximum Gasteiger partial charge on any atom is 0.306 e. The number of carbonyl (C=O) groups is 2. The normalized spacial score (nSPS) is 29.6. The van der Waals surface area contributed by atoms with Gasteiger partial charge in [0.15, 0.2) is 0 Å². The second-order valence-electron chi connectivity index (χ2n) is 6.48. The molecular formula is C16H27NO3. The summed E-state index contributed by atoms with van der Waals surface area (Å²) >= 11 is 0. The van der Waals surface area contributed by atoms with Crippen LogP contribution in [0.3, 0.4) is 0 Å². The van der Waals surface area contributed by atoms with E-state index < -0.39 is 5.97 Å². The van der Waals surface area contributed by atoms with E-state index in [9.17, 15) is 9.59 Å². The van der Waals surface area contributed by atoms with Crippen molar-refractivity contribution in [2.45, 2.75) is 70.8 Å². The molecule has 1 aliphatic heterocycles. The molecule has 0 aromatic carbocycles. The SMILES string of the molecule is C[C@@H]1C[C@H](C(=O)O)CCN1C(=O)C1CCCCCCC1. The minimum Gasteiger partial charge on any atom is -0.481 e. The minimum absolute atomic E-state index is 0.0720. The molecule has 1 heterocycles. The van der Waals surface area contributed by atoms with Crippen molar-refractivity contribution in [1.29, 1.82) is 0 Å². The van der Waals surface area contributed by atoms with Gasteiger partial charge in [0.2, 0.25) is 5.91 Å². The van der Waals surface area contributed by atoms with Crippen LogP contribution in [0, 0.1) is 11.8 Å². The molecule has 2 fully saturated rings. The summed E-state index contributed by atoms with van der Waals surface area (Å²) in [7, 11) is 0. The molecule has 1 N–H and O–H groups in total. The van der Waals surface area contributed by atoms with E-state index >= 15 is 0 Å². The van der Waals surface area contributed by atoms with E-state index in [4.69, 9.17) is 5.11 Å². The summed E-state index contributed by atoms with van der Waals surface area (Å²) in [6, 6.07) is 0.0720. The largest absolute Gasteiger partial charge is 0.481 e. The number of nitrogens with zero attached hydrogens (tertiary/aromatic N) is 1. The van der Waals surface area contributed by atoms with E-state index in [0.29, 0.717) is 19.4 Å². The number of amides is 1. The molecular weight excluding hydrogens is 254 g/mol. The number of carboxylic acid groups (broad SMARTS) is 1. The summed E-state index contributed by atoms with van der Waals surface area (Å²) < 4.78 is 0. The molecule has 0 unspecified atom stereocenters. The fourth-order valence-corrected chi connectivity index (χ4v) is 3.66. The van der Waals surface area contributed by atoms with E-state index in [1.807, 2.05) is 11.8 Å². The monoisotopic (exact) mass is 281 g/mol. The molecule has 2 rings (SSSR count). The fraction of sp³-hybridized carbons (Fsp3) is 0.875. The third-order valence-electron chi connectivity index (χ3n) is 4.96. The highest BCUT2D eigenvalue weighted by Gasteiger charge is 2.34. The zero-order valence-electron chi connectivity index (χ0n) is 12.5. The first kappa shape index (κ1) is 15.3. The van der Waals surface area contributed by atoms with Crippen LogP contribution in [0.5, 0.6) is 0 Å². The van der Waals surface area contributed by atoms with Crippen LogP contribution < -0.4 is 0 Å². The molecule has 4 nitrogen and oxygen atoms in total. The zero-order valence-corrected chi connectivity index (χ0v) is 12.5. The van der Waals surface area contributed by atoms with E-state index in [1.165, 1.54) is 19.3 Å². The summed E-state index contributed by atoms with van der Waals surface area (Å²) in [5, 5.41) is 9.09. The lowest BCUT2D eigenvalue weighted by atomic mass is 9.87. The average molecular weight is 281 g/mol. The van der Waals surface area contributed by atoms with Crippen LogP contribution in [-0.2, 0) is 9.59 Å². The Morgan fingerprint density at radius 3 is 2.10 bits per heavy atom. The average Bonchev–Trinajstić information content (AvgIpc) is 2.37. The van der Waals surface area contributed by atoms with Crippen LogP contribution in [-0.4, -0.2) is 34.5 Å². The number of hydrogen-bond donors (Lipinski definition) is 1. The second-order valence-corrected chi connectivity index (χ2v) is 6.48. The molecule has 2 atom stereocenters. The third-order valence-corrected chi connectivity index (χ3v) is 4.96. The Labute approximate surface area is 121 Å². The quantitative estimate of drug-likeness (QED) is 0.846. The lowest BCUT2D eigenvalue weighted by Gasteiger charge is -2.38. The standard InChI is InChI=1S/C16H27NO3/c1-12-11-14(16(19)20)9-10-17(12)15(18)13-7-5-3-2-4-6-8-13/h12-14H,2-11H2,1H3,(H,19,20)/t12-,14-/m1/s1. The summed E-state index contributed by atoms with van der Waals surface area (Å²) in [4.78, 5) is 25.7. The van der Waals surface area contributed by atoms with Crippen LogP contribution in [0.25, 0.3) is 0 Å². The molecule has 0 aromatic rings. The van der Waals surface area contributed by atoms with Gasteiger partial charge < -0.3 is 10.0 Å². The maximum atomic E-state index is 12.7. The number of likely N-dealkylation sites (tertiary alicyclic amines) is 1. The molecule has 0 radical (unpaired) electrons. The lowest BCUT2D eigenvalue weighted by molar-refractivity contribution is -0.149. The summed E-state index contributed by atoms with van der Waals surface area (Å²) in [6.07, 6.45) is 9.38. The van der Waals surface area contributed by atoms with Crippen LogP contribution in [0.1, 0.15) is 64.7 Å². The highest BCUT2D eigenvalue weighted by Crippen LogP contribution is 2.29. The van der Waals surface area contributed by atoms with Crippen LogP contribution in [0.4, 0.5) is 0 Å². The molecule has 1 amide bonds. The van der Waals surface area contributed by atoms with Crippen molar-refractivity contribution >= 4 is 11.9 Å². The minimum atomic E-state index is -0.713. The van der Waals surface area contributed by atoms with Crippen molar-refractivity contribution in [3.8, 4) is 0 Å². The fourth-order valence-electron chi connectivity index (χ4n) is 3.66. The predicted molar refractivity (Wildman–Crippen MR) is 77.3 cm³/mol. The molecule has 0 spiro atoms. The van der Waals surface area contributed by atoms with Crippen LogP contribution in [0.2, 0.25) is 0 Å². The highest BCUT2D eigenvalue weighted by molar-refractivity contribution is 5.79. The van der Waals surface area contributed by atoms with Crippen molar-refractivity contribution in [3.05, 3.63) is 0 Å². The number of piperidine rings is 1. The van der Waals surface area contributed by atoms with Gasteiger partial charge in [-0.25, -0.2) is 0 Å². The van der Waals surface area contributed by atoms with Gasteiger partial charge in [-0.05, 0) is 32.6 Å². The Bertz CT molecular complexity index is 348. The number of carboxylic acids is 1. The summed E-state index contributed by atoms with van der Waals surface area (Å²) in [5.74, 6) is -0.524. The number of hydrogen-bond acceptors (Lipinski definition) is 2. The maximum absolute atomic E-state index is 12.7. The van der Waals surface area contributed by atoms with Crippen molar-refractivity contribution in [3.63, 3.8) is 0 Å². The van der Waals surface area contributed by atoms with Gasteiger partial charge in [0.1, 0.15) is 0 Å². The highest BCUT2D eigenvalue weighted by atomic mass is 16.4. The summed E-state index contributed by atoms with van der Waals surface area (Å²) in [5.41, 5.74) is 0. The van der Waals surface area contributed by atoms with E-state index in [0.717, 1.165) is 25.7 Å². The molecule has 0 bridgehead atoms. The first-order valence-corrected chi connectivity index (χ1v) is 8.13. The molecule has 0 aromatic heterocycles. The lowest BCUT2D eigenvalue weighted by Crippen LogP contribution is -2.48. The number of carbonyl (C=O) groups excluding carboxylic acids is 1. The van der Waals surface area contributed by atoms with Gasteiger partial charge in [0.05, 0.1) is 5.92 Å². The second kappa shape index (κ2) is 7.09. The Balaban J connectivity index is 1.92. The van der Waals surface area contributed by atoms with Crippen molar-refractivity contribution in [2.24, 2.45) is 11.8 Å². The zero-order chi connectivity index (χ0) is 14.5. The topological polar surface area (TPSA) is 57.6 Å². The molecule has 1 saturated carbocycles. The van der Waals surface area contributed by atoms with Crippen molar-refractivity contribution in [1.82, 2.24) is 4.90 Å². The van der Waals surface area contributed by atoms with Gasteiger partial charge in [0, 0.05) is 18.5 Å². The van der Waals surface area contributed by atoms with E-state index in [-0.39, 0.29) is 23.8 Å². The van der Waals surface area contributed by atoms with Crippen LogP contribution >= 0.6 is 0 Å². The Morgan fingerprint density at radius 1 is 0.950 bits per heavy atom. The van der Waals surface area contributed by atoms with Gasteiger partial charge in [-0.3, -0.25) is 9.59 Å². The van der Waals surface area contributed by atoms with Gasteiger partial charge in [-0.15, -0.1) is 0 Å². The molecule has 4 heteroatoms. The molecule has 1 saturated heterocycles. The van der Waals surface area contributed by atoms with E-state index in [1.54, 1.807) is 0 Å². The number of rotatable bonds is 2. The van der Waals surface area contributed by atoms with Gasteiger partial charge in [-0.1, -0.05) is 32.1 Å². The molecule has 2 aliphatic rings. The summed E-state index contributed by atoms with van der Waals surface area (Å²) in [6.45, 7) is 2.61. The van der Waals surface area contributed by atoms with Crippen molar-refractivity contribution < 1.29 is 14.7 Å². The number of aliphatic carboxylic acids is 1. The smallest absolute Gasteiger partial charge is 0.306 e. The molecule has 114 valence electrons. The van der Waals surface area contributed by atoms with Crippen molar-refractivity contribution in [2.75, 3.05) is 6.54 Å². The first-order chi connectivity index (χ1) is 9.59. The first-order valence-electron chi connectivity index (χ1n) is 8.13. The Kier molecular flexibility index (Phi) is 5.44. The Hall–Kier alpha value is -1.06. The Morgan fingerprint density at radius 2 is 1.55 bits per heavy atom. The molecule has 1 aliphatic carbocycles. The van der Waals surface area contributed by atoms with Gasteiger partial charge in [0.25, 0.3) is 0 Å².